The van der Waals surface area contributed by atoms with Crippen molar-refractivity contribution in [2.24, 2.45) is 5.73 Å². The summed E-state index contributed by atoms with van der Waals surface area (Å²) in [5.74, 6) is 0.966. The van der Waals surface area contributed by atoms with Gasteiger partial charge in [0.05, 0.1) is 10.0 Å². The Labute approximate surface area is 109 Å². The molecule has 0 bridgehead atoms. The van der Waals surface area contributed by atoms with Gasteiger partial charge >= 0.3 is 0 Å². The van der Waals surface area contributed by atoms with Gasteiger partial charge in [0.15, 0.2) is 0 Å². The van der Waals surface area contributed by atoms with Gasteiger partial charge in [0, 0.05) is 17.0 Å². The van der Waals surface area contributed by atoms with Gasteiger partial charge < -0.3 is 10.8 Å². The Bertz CT molecular complexity index is 413. The van der Waals surface area contributed by atoms with Crippen molar-refractivity contribution in [1.29, 1.82) is 0 Å². The first-order chi connectivity index (χ1) is 7.58. The van der Waals surface area contributed by atoms with Gasteiger partial charge in [-0.3, -0.25) is 0 Å². The fourth-order valence-corrected chi connectivity index (χ4v) is 3.63. The third-order valence-corrected chi connectivity index (χ3v) is 4.80. The molecule has 1 aliphatic rings. The van der Waals surface area contributed by atoms with Crippen molar-refractivity contribution in [1.82, 2.24) is 0 Å². The van der Waals surface area contributed by atoms with Crippen LogP contribution >= 0.6 is 35.0 Å². The molecule has 1 atom stereocenters. The molecular formula is C11H13Cl2NOS. The van der Waals surface area contributed by atoms with E-state index in [0.717, 1.165) is 17.1 Å². The highest BCUT2D eigenvalue weighted by Gasteiger charge is 2.34. The molecule has 0 spiro atoms. The summed E-state index contributed by atoms with van der Waals surface area (Å²) in [6, 6.07) is 3.66. The van der Waals surface area contributed by atoms with Crippen LogP contribution in [0.3, 0.4) is 0 Å². The van der Waals surface area contributed by atoms with Crippen molar-refractivity contribution in [3.8, 4) is 0 Å². The lowest BCUT2D eigenvalue weighted by Gasteiger charge is -2.28. The Kier molecular flexibility index (Phi) is 3.72. The van der Waals surface area contributed by atoms with Crippen molar-refractivity contribution in [2.45, 2.75) is 23.3 Å². The van der Waals surface area contributed by atoms with Crippen LogP contribution in [-0.4, -0.2) is 17.4 Å². The fourth-order valence-electron chi connectivity index (χ4n) is 1.96. The Morgan fingerprint density at radius 3 is 2.88 bits per heavy atom. The fraction of sp³-hybridized carbons (Fsp3) is 0.455. The predicted molar refractivity (Wildman–Crippen MR) is 69.4 cm³/mol. The molecular weight excluding hydrogens is 265 g/mol. The van der Waals surface area contributed by atoms with Crippen LogP contribution in [0.2, 0.25) is 10.0 Å². The third kappa shape index (κ3) is 2.07. The zero-order valence-corrected chi connectivity index (χ0v) is 11.0. The molecule has 1 unspecified atom stereocenters. The SMILES string of the molecule is NCC1(O)CCCSc2ccc(Cl)c(Cl)c21. The molecule has 1 aliphatic heterocycles. The molecule has 2 rings (SSSR count). The normalized spacial score (nSPS) is 25.0. The first-order valence-corrected chi connectivity index (χ1v) is 6.86. The van der Waals surface area contributed by atoms with Crippen LogP contribution in [0.4, 0.5) is 0 Å². The van der Waals surface area contributed by atoms with Crippen molar-refractivity contribution in [2.75, 3.05) is 12.3 Å². The number of rotatable bonds is 1. The van der Waals surface area contributed by atoms with E-state index in [2.05, 4.69) is 0 Å². The van der Waals surface area contributed by atoms with E-state index in [-0.39, 0.29) is 6.54 Å². The van der Waals surface area contributed by atoms with E-state index in [1.54, 1.807) is 17.8 Å². The number of thioether (sulfide) groups is 1. The highest BCUT2D eigenvalue weighted by atomic mass is 35.5. The molecule has 0 aromatic heterocycles. The quantitative estimate of drug-likeness (QED) is 0.830. The van der Waals surface area contributed by atoms with E-state index in [4.69, 9.17) is 28.9 Å². The van der Waals surface area contributed by atoms with E-state index in [0.29, 0.717) is 22.0 Å². The summed E-state index contributed by atoms with van der Waals surface area (Å²) < 4.78 is 0. The molecule has 5 heteroatoms. The predicted octanol–water partition coefficient (Wildman–Crippen LogP) is 3.03. The van der Waals surface area contributed by atoms with Gasteiger partial charge in [0.1, 0.15) is 5.60 Å². The van der Waals surface area contributed by atoms with Gasteiger partial charge in [-0.2, -0.15) is 0 Å². The van der Waals surface area contributed by atoms with Crippen LogP contribution in [-0.2, 0) is 5.60 Å². The van der Waals surface area contributed by atoms with Crippen molar-refractivity contribution < 1.29 is 5.11 Å². The van der Waals surface area contributed by atoms with Gasteiger partial charge in [-0.25, -0.2) is 0 Å². The number of hydrogen-bond donors (Lipinski definition) is 2. The standard InChI is InChI=1S/C11H13Cl2NOS/c12-7-2-3-8-9(10(7)13)11(15,6-14)4-1-5-16-8/h2-3,15H,1,4-6,14H2. The second-order valence-corrected chi connectivity index (χ2v) is 5.84. The topological polar surface area (TPSA) is 46.2 Å². The van der Waals surface area contributed by atoms with Crippen molar-refractivity contribution >= 4 is 35.0 Å². The summed E-state index contributed by atoms with van der Waals surface area (Å²) >= 11 is 13.9. The maximum absolute atomic E-state index is 10.5. The molecule has 0 aliphatic carbocycles. The smallest absolute Gasteiger partial charge is 0.104 e. The van der Waals surface area contributed by atoms with Crippen LogP contribution < -0.4 is 5.73 Å². The summed E-state index contributed by atoms with van der Waals surface area (Å²) in [4.78, 5) is 0.986. The average Bonchev–Trinajstić information content (AvgIpc) is 2.44. The Hall–Kier alpha value is 0.0700. The van der Waals surface area contributed by atoms with Gasteiger partial charge in [-0.05, 0) is 30.7 Å². The zero-order chi connectivity index (χ0) is 11.8. The molecule has 88 valence electrons. The number of fused-ring (bicyclic) bond motifs is 1. The van der Waals surface area contributed by atoms with Gasteiger partial charge in [-0.15, -0.1) is 11.8 Å². The van der Waals surface area contributed by atoms with Gasteiger partial charge in [0.2, 0.25) is 0 Å². The maximum Gasteiger partial charge on any atom is 0.104 e. The van der Waals surface area contributed by atoms with Crippen LogP contribution in [0.25, 0.3) is 0 Å². The summed E-state index contributed by atoms with van der Waals surface area (Å²) in [6.07, 6.45) is 1.55. The summed E-state index contributed by atoms with van der Waals surface area (Å²) in [7, 11) is 0. The molecule has 1 aromatic rings. The van der Waals surface area contributed by atoms with E-state index in [1.165, 1.54) is 0 Å². The second-order valence-electron chi connectivity index (χ2n) is 3.92. The van der Waals surface area contributed by atoms with E-state index < -0.39 is 5.60 Å². The first kappa shape index (κ1) is 12.5. The maximum atomic E-state index is 10.5. The number of aliphatic hydroxyl groups is 1. The Balaban J connectivity index is 2.63. The van der Waals surface area contributed by atoms with Crippen molar-refractivity contribution in [3.05, 3.63) is 27.7 Å². The van der Waals surface area contributed by atoms with Crippen LogP contribution in [0.5, 0.6) is 0 Å². The molecule has 0 radical (unpaired) electrons. The van der Waals surface area contributed by atoms with Gasteiger partial charge in [0.25, 0.3) is 0 Å². The monoisotopic (exact) mass is 277 g/mol. The molecule has 2 nitrogen and oxygen atoms in total. The number of benzene rings is 1. The lowest BCUT2D eigenvalue weighted by atomic mass is 9.89. The van der Waals surface area contributed by atoms with Crippen molar-refractivity contribution in [3.63, 3.8) is 0 Å². The summed E-state index contributed by atoms with van der Waals surface area (Å²) in [5, 5.41) is 11.4. The molecule has 0 fully saturated rings. The number of hydrogen-bond acceptors (Lipinski definition) is 3. The molecule has 16 heavy (non-hydrogen) atoms. The average molecular weight is 278 g/mol. The molecule has 1 aromatic carbocycles. The second kappa shape index (κ2) is 4.75. The summed E-state index contributed by atoms with van der Waals surface area (Å²) in [6.45, 7) is 0.167. The van der Waals surface area contributed by atoms with E-state index >= 15 is 0 Å². The van der Waals surface area contributed by atoms with E-state index in [9.17, 15) is 5.11 Å². The molecule has 0 saturated carbocycles. The Morgan fingerprint density at radius 2 is 2.19 bits per heavy atom. The summed E-state index contributed by atoms with van der Waals surface area (Å²) in [5.41, 5.74) is 5.34. The third-order valence-electron chi connectivity index (χ3n) is 2.85. The van der Waals surface area contributed by atoms with Gasteiger partial charge in [-0.1, -0.05) is 23.2 Å². The zero-order valence-electron chi connectivity index (χ0n) is 8.67. The molecule has 1 heterocycles. The molecule has 0 amide bonds. The minimum atomic E-state index is -1.04. The van der Waals surface area contributed by atoms with Crippen LogP contribution in [0.15, 0.2) is 17.0 Å². The highest BCUT2D eigenvalue weighted by Crippen LogP contribution is 2.44. The molecule has 3 N–H and O–H groups in total. The lowest BCUT2D eigenvalue weighted by molar-refractivity contribution is 0.0346. The minimum Gasteiger partial charge on any atom is -0.384 e. The van der Waals surface area contributed by atoms with Crippen LogP contribution in [0, 0.1) is 0 Å². The minimum absolute atomic E-state index is 0.167. The van der Waals surface area contributed by atoms with E-state index in [1.807, 2.05) is 6.07 Å². The largest absolute Gasteiger partial charge is 0.384 e. The van der Waals surface area contributed by atoms with Crippen LogP contribution in [0.1, 0.15) is 18.4 Å². The first-order valence-electron chi connectivity index (χ1n) is 5.12. The number of nitrogens with two attached hydrogens (primary N) is 1. The highest BCUT2D eigenvalue weighted by molar-refractivity contribution is 7.99. The molecule has 0 saturated heterocycles. The Morgan fingerprint density at radius 1 is 1.44 bits per heavy atom. The lowest BCUT2D eigenvalue weighted by Crippen LogP contribution is -2.35. The number of halogens is 2.